The fourth-order valence-corrected chi connectivity index (χ4v) is 3.64. The Morgan fingerprint density at radius 3 is 2.48 bits per heavy atom. The molecule has 134 valence electrons. The average Bonchev–Trinajstić information content (AvgIpc) is 2.52. The minimum atomic E-state index is -1.25. The number of aromatic carboxylic acids is 1. The van der Waals surface area contributed by atoms with Gasteiger partial charge in [-0.3, -0.25) is 0 Å². The highest BCUT2D eigenvalue weighted by molar-refractivity contribution is 5.88. The second kappa shape index (κ2) is 6.95. The molecule has 0 fully saturated rings. The van der Waals surface area contributed by atoms with Crippen molar-refractivity contribution in [2.45, 2.75) is 47.0 Å². The van der Waals surface area contributed by atoms with Gasteiger partial charge in [0.2, 0.25) is 0 Å². The van der Waals surface area contributed by atoms with E-state index in [0.717, 1.165) is 37.0 Å². The molecule has 2 nitrogen and oxygen atoms in total. The molecule has 0 saturated heterocycles. The Hall–Kier alpha value is -2.23. The molecule has 0 aromatic heterocycles. The van der Waals surface area contributed by atoms with Crippen molar-refractivity contribution in [1.82, 2.24) is 0 Å². The summed E-state index contributed by atoms with van der Waals surface area (Å²) < 4.78 is 29.1. The molecule has 0 amide bonds. The topological polar surface area (TPSA) is 37.3 Å². The van der Waals surface area contributed by atoms with E-state index in [9.17, 15) is 13.6 Å². The summed E-state index contributed by atoms with van der Waals surface area (Å²) in [5.74, 6) is -2.85. The highest BCUT2D eigenvalue weighted by atomic mass is 19.1. The van der Waals surface area contributed by atoms with E-state index in [0.29, 0.717) is 5.57 Å². The highest BCUT2D eigenvalue weighted by Crippen LogP contribution is 2.46. The normalized spacial score (nSPS) is 18.0. The highest BCUT2D eigenvalue weighted by Gasteiger charge is 2.31. The molecule has 1 aliphatic rings. The molecule has 0 bridgehead atoms. The van der Waals surface area contributed by atoms with Crippen molar-refractivity contribution in [2.24, 2.45) is 5.41 Å². The van der Waals surface area contributed by atoms with Gasteiger partial charge in [0.15, 0.2) is 0 Å². The Bertz CT molecular complexity index is 798. The number of allylic oxidation sites excluding steroid dienone is 4. The number of hydrogen-bond donors (Lipinski definition) is 1. The van der Waals surface area contributed by atoms with Crippen molar-refractivity contribution in [3.63, 3.8) is 0 Å². The number of carboxylic acids is 1. The van der Waals surface area contributed by atoms with Crippen LogP contribution in [-0.4, -0.2) is 11.1 Å². The van der Waals surface area contributed by atoms with Crippen LogP contribution in [0, 0.1) is 11.2 Å². The van der Waals surface area contributed by atoms with Gasteiger partial charge in [0.25, 0.3) is 0 Å². The third-order valence-corrected chi connectivity index (χ3v) is 4.99. The van der Waals surface area contributed by atoms with Crippen molar-refractivity contribution in [1.29, 1.82) is 0 Å². The van der Waals surface area contributed by atoms with Gasteiger partial charge in [-0.25, -0.2) is 13.6 Å². The first-order chi connectivity index (χ1) is 11.6. The van der Waals surface area contributed by atoms with Crippen molar-refractivity contribution in [3.05, 3.63) is 64.0 Å². The van der Waals surface area contributed by atoms with Crippen LogP contribution < -0.4 is 0 Å². The zero-order chi connectivity index (χ0) is 18.9. The lowest BCUT2D eigenvalue weighted by molar-refractivity contribution is 0.0696. The first-order valence-corrected chi connectivity index (χ1v) is 8.35. The van der Waals surface area contributed by atoms with E-state index in [1.54, 1.807) is 6.92 Å². The van der Waals surface area contributed by atoms with Gasteiger partial charge in [-0.1, -0.05) is 26.0 Å². The van der Waals surface area contributed by atoms with Gasteiger partial charge in [0, 0.05) is 5.56 Å². The number of carboxylic acid groups (broad SMARTS) is 1. The smallest absolute Gasteiger partial charge is 0.335 e. The van der Waals surface area contributed by atoms with Gasteiger partial charge in [0.1, 0.15) is 11.6 Å². The molecule has 0 aliphatic heterocycles. The Kier molecular flexibility index (Phi) is 5.31. The van der Waals surface area contributed by atoms with Crippen molar-refractivity contribution in [3.8, 4) is 0 Å². The summed E-state index contributed by atoms with van der Waals surface area (Å²) in [7, 11) is 0. The summed E-state index contributed by atoms with van der Waals surface area (Å²) in [4.78, 5) is 10.9. The molecule has 2 rings (SSSR count). The van der Waals surface area contributed by atoms with E-state index < -0.39 is 17.6 Å². The third-order valence-electron chi connectivity index (χ3n) is 4.99. The van der Waals surface area contributed by atoms with Crippen LogP contribution in [0.5, 0.6) is 0 Å². The summed E-state index contributed by atoms with van der Waals surface area (Å²) in [5.41, 5.74) is 2.54. The summed E-state index contributed by atoms with van der Waals surface area (Å²) in [6.07, 6.45) is 3.04. The number of hydrogen-bond acceptors (Lipinski definition) is 1. The standard InChI is InChI=1S/C21H24F2O2/c1-12-7-6-10-21(4,5)18(12)13(2)14(3)19(23)16-9-8-15(20(24)25)11-17(16)22/h8-9,11H,2,6-7,10H2,1,3-5H3,(H,24,25). The minimum Gasteiger partial charge on any atom is -0.478 e. The molecule has 1 aromatic rings. The first-order valence-electron chi connectivity index (χ1n) is 8.35. The summed E-state index contributed by atoms with van der Waals surface area (Å²) >= 11 is 0. The molecule has 0 atom stereocenters. The monoisotopic (exact) mass is 346 g/mol. The van der Waals surface area contributed by atoms with Crippen molar-refractivity contribution >= 4 is 11.8 Å². The van der Waals surface area contributed by atoms with Crippen LogP contribution in [0.15, 0.2) is 47.1 Å². The predicted molar refractivity (Wildman–Crippen MR) is 96.5 cm³/mol. The molecule has 0 spiro atoms. The Balaban J connectivity index is 2.49. The molecule has 1 aliphatic carbocycles. The SMILES string of the molecule is C=C(C(C)=C(F)c1ccc(C(=O)O)cc1F)C1=C(C)CCCC1(C)C. The lowest BCUT2D eigenvalue weighted by Gasteiger charge is -2.36. The number of carbonyl (C=O) groups is 1. The summed E-state index contributed by atoms with van der Waals surface area (Å²) in [6.45, 7) is 11.9. The predicted octanol–water partition coefficient (Wildman–Crippen LogP) is 6.31. The molecule has 4 heteroatoms. The Labute approximate surface area is 147 Å². The quantitative estimate of drug-likeness (QED) is 0.649. The number of rotatable bonds is 4. The maximum Gasteiger partial charge on any atom is 0.335 e. The molecule has 0 radical (unpaired) electrons. The second-order valence-electron chi connectivity index (χ2n) is 7.31. The van der Waals surface area contributed by atoms with Crippen LogP contribution in [-0.2, 0) is 0 Å². The lowest BCUT2D eigenvalue weighted by Crippen LogP contribution is -2.22. The van der Waals surface area contributed by atoms with E-state index in [2.05, 4.69) is 20.4 Å². The van der Waals surface area contributed by atoms with Gasteiger partial charge in [-0.2, -0.15) is 0 Å². The summed E-state index contributed by atoms with van der Waals surface area (Å²) in [6, 6.07) is 3.20. The van der Waals surface area contributed by atoms with E-state index in [4.69, 9.17) is 5.11 Å². The van der Waals surface area contributed by atoms with E-state index >= 15 is 0 Å². The number of benzene rings is 1. The summed E-state index contributed by atoms with van der Waals surface area (Å²) in [5, 5.41) is 8.90. The first kappa shape index (κ1) is 19.1. The lowest BCUT2D eigenvalue weighted by atomic mass is 9.69. The largest absolute Gasteiger partial charge is 0.478 e. The zero-order valence-electron chi connectivity index (χ0n) is 15.2. The molecule has 0 heterocycles. The van der Waals surface area contributed by atoms with Gasteiger partial charge in [-0.15, -0.1) is 0 Å². The molecule has 25 heavy (non-hydrogen) atoms. The van der Waals surface area contributed by atoms with Crippen LogP contribution in [0.2, 0.25) is 0 Å². The van der Waals surface area contributed by atoms with Crippen LogP contribution in [0.3, 0.4) is 0 Å². The van der Waals surface area contributed by atoms with Crippen LogP contribution in [0.4, 0.5) is 8.78 Å². The van der Waals surface area contributed by atoms with Gasteiger partial charge < -0.3 is 5.11 Å². The Morgan fingerprint density at radius 2 is 1.96 bits per heavy atom. The molecule has 0 saturated carbocycles. The molecular weight excluding hydrogens is 322 g/mol. The van der Waals surface area contributed by atoms with E-state index in [-0.39, 0.29) is 22.1 Å². The Morgan fingerprint density at radius 1 is 1.32 bits per heavy atom. The van der Waals surface area contributed by atoms with Crippen LogP contribution in [0.25, 0.3) is 5.83 Å². The molecular formula is C21H24F2O2. The van der Waals surface area contributed by atoms with Crippen molar-refractivity contribution < 1.29 is 18.7 Å². The van der Waals surface area contributed by atoms with Gasteiger partial charge in [-0.05, 0) is 73.4 Å². The van der Waals surface area contributed by atoms with Gasteiger partial charge in [0.05, 0.1) is 5.56 Å². The third kappa shape index (κ3) is 3.73. The second-order valence-corrected chi connectivity index (χ2v) is 7.31. The van der Waals surface area contributed by atoms with Crippen LogP contribution in [0.1, 0.15) is 62.9 Å². The van der Waals surface area contributed by atoms with Crippen molar-refractivity contribution in [2.75, 3.05) is 0 Å². The zero-order valence-corrected chi connectivity index (χ0v) is 15.2. The maximum atomic E-state index is 14.9. The fraction of sp³-hybridized carbons (Fsp3) is 0.381. The fourth-order valence-electron chi connectivity index (χ4n) is 3.64. The molecule has 1 N–H and O–H groups in total. The van der Waals surface area contributed by atoms with Gasteiger partial charge >= 0.3 is 5.97 Å². The molecule has 0 unspecified atom stereocenters. The maximum absolute atomic E-state index is 14.9. The van der Waals surface area contributed by atoms with E-state index in [1.807, 2.05) is 6.92 Å². The van der Waals surface area contributed by atoms with Crippen LogP contribution >= 0.6 is 0 Å². The molecule has 1 aromatic carbocycles. The van der Waals surface area contributed by atoms with E-state index in [1.165, 1.54) is 11.6 Å². The average molecular weight is 346 g/mol. The number of halogens is 2. The minimum absolute atomic E-state index is 0.104.